The van der Waals surface area contributed by atoms with Crippen molar-refractivity contribution < 1.29 is 19.4 Å². The molecule has 2 N–H and O–H groups in total. The van der Waals surface area contributed by atoms with Gasteiger partial charge in [0.05, 0.1) is 6.61 Å². The standard InChI is InChI=1S/C10H17NO4/c1-2-6-14-8-4-9-15-7-3-5-11-10(12)13/h1,11H,3-9H2,(H,12,13). The molecule has 5 heteroatoms. The molecule has 5 nitrogen and oxygen atoms in total. The Kier molecular flexibility index (Phi) is 9.93. The lowest BCUT2D eigenvalue weighted by atomic mass is 10.4. The van der Waals surface area contributed by atoms with E-state index in [0.29, 0.717) is 39.4 Å². The van der Waals surface area contributed by atoms with E-state index in [-0.39, 0.29) is 0 Å². The Morgan fingerprint density at radius 1 is 1.27 bits per heavy atom. The molecule has 0 aromatic rings. The van der Waals surface area contributed by atoms with Gasteiger partial charge in [0.15, 0.2) is 0 Å². The normalized spacial score (nSPS) is 9.53. The second-order valence-electron chi connectivity index (χ2n) is 2.81. The smallest absolute Gasteiger partial charge is 0.404 e. The topological polar surface area (TPSA) is 67.8 Å². The lowest BCUT2D eigenvalue weighted by Crippen LogP contribution is -2.22. The molecular weight excluding hydrogens is 198 g/mol. The molecule has 0 radical (unpaired) electrons. The van der Waals surface area contributed by atoms with Crippen molar-refractivity contribution in [2.24, 2.45) is 0 Å². The average Bonchev–Trinajstić information content (AvgIpc) is 2.20. The minimum Gasteiger partial charge on any atom is -0.465 e. The molecule has 86 valence electrons. The Labute approximate surface area is 89.8 Å². The second-order valence-corrected chi connectivity index (χ2v) is 2.81. The van der Waals surface area contributed by atoms with Gasteiger partial charge in [0.2, 0.25) is 0 Å². The number of hydrogen-bond donors (Lipinski definition) is 2. The van der Waals surface area contributed by atoms with Crippen LogP contribution in [-0.2, 0) is 9.47 Å². The molecular formula is C10H17NO4. The first-order chi connectivity index (χ1) is 7.27. The van der Waals surface area contributed by atoms with E-state index >= 15 is 0 Å². The Hall–Kier alpha value is -1.25. The third-order valence-electron chi connectivity index (χ3n) is 1.50. The third-order valence-corrected chi connectivity index (χ3v) is 1.50. The van der Waals surface area contributed by atoms with Gasteiger partial charge in [0, 0.05) is 19.8 Å². The second kappa shape index (κ2) is 10.8. The van der Waals surface area contributed by atoms with Crippen LogP contribution >= 0.6 is 0 Å². The van der Waals surface area contributed by atoms with Crippen molar-refractivity contribution in [3.63, 3.8) is 0 Å². The summed E-state index contributed by atoms with van der Waals surface area (Å²) in [7, 11) is 0. The highest BCUT2D eigenvalue weighted by Crippen LogP contribution is 1.87. The van der Waals surface area contributed by atoms with E-state index in [1.54, 1.807) is 0 Å². The molecule has 0 aliphatic carbocycles. The van der Waals surface area contributed by atoms with Gasteiger partial charge >= 0.3 is 6.09 Å². The minimum atomic E-state index is -1.00. The zero-order chi connectivity index (χ0) is 11.4. The molecule has 0 aromatic carbocycles. The maximum atomic E-state index is 10.1. The number of ether oxygens (including phenoxy) is 2. The molecule has 0 rings (SSSR count). The van der Waals surface area contributed by atoms with Crippen LogP contribution in [0, 0.1) is 12.3 Å². The SMILES string of the molecule is C#CCOCCCOCCCNC(=O)O. The van der Waals surface area contributed by atoms with Gasteiger partial charge in [0.25, 0.3) is 0 Å². The molecule has 0 aliphatic rings. The first kappa shape index (κ1) is 13.8. The van der Waals surface area contributed by atoms with Crippen LogP contribution in [0.25, 0.3) is 0 Å². The number of carboxylic acid groups (broad SMARTS) is 1. The summed E-state index contributed by atoms with van der Waals surface area (Å²) in [5.41, 5.74) is 0. The summed E-state index contributed by atoms with van der Waals surface area (Å²) >= 11 is 0. The van der Waals surface area contributed by atoms with Crippen molar-refractivity contribution in [2.45, 2.75) is 12.8 Å². The van der Waals surface area contributed by atoms with Crippen molar-refractivity contribution in [2.75, 3.05) is 33.0 Å². The van der Waals surface area contributed by atoms with Gasteiger partial charge in [0.1, 0.15) is 6.61 Å². The highest BCUT2D eigenvalue weighted by molar-refractivity contribution is 5.64. The van der Waals surface area contributed by atoms with Crippen LogP contribution in [0.1, 0.15) is 12.8 Å². The Morgan fingerprint density at radius 3 is 2.60 bits per heavy atom. The van der Waals surface area contributed by atoms with Gasteiger partial charge in [-0.3, -0.25) is 0 Å². The maximum Gasteiger partial charge on any atom is 0.404 e. The Morgan fingerprint density at radius 2 is 1.93 bits per heavy atom. The van der Waals surface area contributed by atoms with E-state index in [4.69, 9.17) is 21.0 Å². The summed E-state index contributed by atoms with van der Waals surface area (Å²) < 4.78 is 10.3. The van der Waals surface area contributed by atoms with E-state index in [9.17, 15) is 4.79 Å². The number of nitrogens with one attached hydrogen (secondary N) is 1. The molecule has 0 bridgehead atoms. The van der Waals surface area contributed by atoms with Crippen LogP contribution in [0.2, 0.25) is 0 Å². The summed E-state index contributed by atoms with van der Waals surface area (Å²) in [4.78, 5) is 10.1. The molecule has 0 aliphatic heterocycles. The van der Waals surface area contributed by atoms with Gasteiger partial charge in [-0.15, -0.1) is 6.42 Å². The summed E-state index contributed by atoms with van der Waals surface area (Å²) in [5, 5.41) is 10.5. The summed E-state index contributed by atoms with van der Waals surface area (Å²) in [6, 6.07) is 0. The van der Waals surface area contributed by atoms with Crippen molar-refractivity contribution in [1.82, 2.24) is 5.32 Å². The number of hydrogen-bond acceptors (Lipinski definition) is 3. The Balaban J connectivity index is 2.93. The molecule has 0 saturated heterocycles. The molecule has 15 heavy (non-hydrogen) atoms. The van der Waals surface area contributed by atoms with Gasteiger partial charge in [-0.25, -0.2) is 4.79 Å². The van der Waals surface area contributed by atoms with Gasteiger partial charge in [-0.2, -0.15) is 0 Å². The fourth-order valence-electron chi connectivity index (χ4n) is 0.866. The summed E-state index contributed by atoms with van der Waals surface area (Å²) in [5.74, 6) is 2.37. The lowest BCUT2D eigenvalue weighted by molar-refractivity contribution is 0.0932. The molecule has 0 spiro atoms. The molecule has 0 fully saturated rings. The highest BCUT2D eigenvalue weighted by atomic mass is 16.5. The number of terminal acetylenes is 1. The number of amides is 1. The molecule has 0 heterocycles. The van der Waals surface area contributed by atoms with Gasteiger partial charge < -0.3 is 19.9 Å². The highest BCUT2D eigenvalue weighted by Gasteiger charge is 1.93. The summed E-state index contributed by atoms with van der Waals surface area (Å²) in [6.45, 7) is 2.51. The van der Waals surface area contributed by atoms with E-state index in [0.717, 1.165) is 6.42 Å². The molecule has 0 unspecified atom stereocenters. The molecule has 0 saturated carbocycles. The average molecular weight is 215 g/mol. The molecule has 0 aromatic heterocycles. The predicted octanol–water partition coefficient (Wildman–Crippen LogP) is 0.701. The van der Waals surface area contributed by atoms with Crippen molar-refractivity contribution in [3.05, 3.63) is 0 Å². The Bertz CT molecular complexity index is 200. The van der Waals surface area contributed by atoms with Crippen LogP contribution in [0.4, 0.5) is 4.79 Å². The number of rotatable bonds is 9. The zero-order valence-electron chi connectivity index (χ0n) is 8.70. The van der Waals surface area contributed by atoms with Crippen LogP contribution in [-0.4, -0.2) is 44.2 Å². The quantitative estimate of drug-likeness (QED) is 0.439. The first-order valence-corrected chi connectivity index (χ1v) is 4.83. The fraction of sp³-hybridized carbons (Fsp3) is 0.700. The summed E-state index contributed by atoms with van der Waals surface area (Å²) in [6.07, 6.45) is 5.46. The molecule has 0 atom stereocenters. The zero-order valence-corrected chi connectivity index (χ0v) is 8.70. The fourth-order valence-corrected chi connectivity index (χ4v) is 0.866. The first-order valence-electron chi connectivity index (χ1n) is 4.83. The van der Waals surface area contributed by atoms with Crippen molar-refractivity contribution >= 4 is 6.09 Å². The third kappa shape index (κ3) is 12.8. The van der Waals surface area contributed by atoms with E-state index < -0.39 is 6.09 Å². The van der Waals surface area contributed by atoms with Crippen LogP contribution in [0.3, 0.4) is 0 Å². The largest absolute Gasteiger partial charge is 0.465 e. The van der Waals surface area contributed by atoms with Crippen LogP contribution < -0.4 is 5.32 Å². The number of carbonyl (C=O) groups is 1. The van der Waals surface area contributed by atoms with Crippen molar-refractivity contribution in [3.8, 4) is 12.3 Å². The molecule has 1 amide bonds. The van der Waals surface area contributed by atoms with E-state index in [1.165, 1.54) is 0 Å². The minimum absolute atomic E-state index is 0.336. The van der Waals surface area contributed by atoms with E-state index in [1.807, 2.05) is 0 Å². The van der Waals surface area contributed by atoms with Crippen LogP contribution in [0.5, 0.6) is 0 Å². The monoisotopic (exact) mass is 215 g/mol. The van der Waals surface area contributed by atoms with Gasteiger partial charge in [-0.05, 0) is 12.8 Å². The lowest BCUT2D eigenvalue weighted by Gasteiger charge is -2.04. The van der Waals surface area contributed by atoms with E-state index in [2.05, 4.69) is 11.2 Å². The maximum absolute atomic E-state index is 10.1. The predicted molar refractivity (Wildman–Crippen MR) is 55.7 cm³/mol. The van der Waals surface area contributed by atoms with Gasteiger partial charge in [-0.1, -0.05) is 5.92 Å². The van der Waals surface area contributed by atoms with Crippen LogP contribution in [0.15, 0.2) is 0 Å². The van der Waals surface area contributed by atoms with Crippen molar-refractivity contribution in [1.29, 1.82) is 0 Å².